The minimum atomic E-state index is -0.485. The van der Waals surface area contributed by atoms with Crippen molar-refractivity contribution < 1.29 is 9.53 Å². The zero-order valence-corrected chi connectivity index (χ0v) is 8.57. The second-order valence-corrected chi connectivity index (χ2v) is 3.30. The summed E-state index contributed by atoms with van der Waals surface area (Å²) in [6, 6.07) is 7.84. The summed E-state index contributed by atoms with van der Waals surface area (Å²) in [4.78, 5) is 11.2. The topological polar surface area (TPSA) is 57.2 Å². The summed E-state index contributed by atoms with van der Waals surface area (Å²) < 4.78 is 6.50. The summed E-state index contributed by atoms with van der Waals surface area (Å²) in [7, 11) is 1.58. The van der Waals surface area contributed by atoms with Gasteiger partial charge in [0.05, 0.1) is 12.6 Å². The fourth-order valence-electron chi connectivity index (χ4n) is 1.68. The van der Waals surface area contributed by atoms with Crippen molar-refractivity contribution in [2.45, 2.75) is 6.92 Å². The highest BCUT2D eigenvalue weighted by molar-refractivity contribution is 5.92. The lowest BCUT2D eigenvalue weighted by atomic mass is 10.2. The number of methoxy groups -OCH3 is 1. The number of ether oxygens (including phenoxy) is 1. The van der Waals surface area contributed by atoms with Crippen molar-refractivity contribution in [3.05, 3.63) is 30.0 Å². The van der Waals surface area contributed by atoms with Crippen LogP contribution in [0.1, 0.15) is 5.69 Å². The number of fused-ring (bicyclic) bond motifs is 1. The van der Waals surface area contributed by atoms with E-state index in [1.165, 1.54) is 4.57 Å². The summed E-state index contributed by atoms with van der Waals surface area (Å²) in [6.07, 6.45) is 0. The molecule has 1 aromatic carbocycles. The van der Waals surface area contributed by atoms with Crippen LogP contribution in [0.25, 0.3) is 10.9 Å². The number of aryl methyl sites for hydroxylation is 1. The highest BCUT2D eigenvalue weighted by Crippen LogP contribution is 2.23. The molecule has 77 valence electrons. The van der Waals surface area contributed by atoms with Crippen LogP contribution in [0.3, 0.4) is 0 Å². The first kappa shape index (κ1) is 9.58. The molecule has 0 aliphatic heterocycles. The molecule has 0 saturated heterocycles. The Morgan fingerprint density at radius 3 is 2.87 bits per heavy atom. The third-order valence-corrected chi connectivity index (χ3v) is 2.33. The van der Waals surface area contributed by atoms with Gasteiger partial charge < -0.3 is 10.5 Å². The number of carbonyl (C=O) groups is 1. The summed E-state index contributed by atoms with van der Waals surface area (Å²) in [5.41, 5.74) is 6.83. The Morgan fingerprint density at radius 1 is 1.53 bits per heavy atom. The number of aromatic nitrogens is 1. The molecule has 0 atom stereocenters. The molecular formula is C11H11N2O2. The van der Waals surface area contributed by atoms with Crippen molar-refractivity contribution in [1.82, 2.24) is 4.57 Å². The average molecular weight is 203 g/mol. The van der Waals surface area contributed by atoms with E-state index in [1.54, 1.807) is 13.2 Å². The molecule has 0 saturated carbocycles. The molecule has 1 amide bonds. The van der Waals surface area contributed by atoms with Crippen LogP contribution in [0, 0.1) is 13.0 Å². The monoisotopic (exact) mass is 203 g/mol. The third-order valence-electron chi connectivity index (χ3n) is 2.33. The summed E-state index contributed by atoms with van der Waals surface area (Å²) >= 11 is 0. The van der Waals surface area contributed by atoms with E-state index in [9.17, 15) is 4.79 Å². The Hall–Kier alpha value is -1.97. The molecule has 1 heterocycles. The van der Waals surface area contributed by atoms with Gasteiger partial charge in [-0.25, -0.2) is 4.79 Å². The van der Waals surface area contributed by atoms with Crippen LogP contribution in [-0.2, 0) is 0 Å². The molecule has 4 heteroatoms. The number of rotatable bonds is 1. The standard InChI is InChI=1S/C11H11N2O2/c1-7-5-8-6-9(15-2)3-4-10(8)13(7)11(12)14/h4-6H,1-2H3,(H2,12,14). The van der Waals surface area contributed by atoms with Gasteiger partial charge in [-0.3, -0.25) is 4.57 Å². The largest absolute Gasteiger partial charge is 0.496 e. The molecule has 0 fully saturated rings. The van der Waals surface area contributed by atoms with Gasteiger partial charge in [0.15, 0.2) is 0 Å². The molecule has 0 unspecified atom stereocenters. The van der Waals surface area contributed by atoms with Gasteiger partial charge in [0, 0.05) is 17.1 Å². The van der Waals surface area contributed by atoms with Gasteiger partial charge in [0.2, 0.25) is 0 Å². The zero-order valence-electron chi connectivity index (χ0n) is 8.57. The Labute approximate surface area is 87.2 Å². The van der Waals surface area contributed by atoms with E-state index in [1.807, 2.05) is 19.1 Å². The van der Waals surface area contributed by atoms with E-state index in [0.717, 1.165) is 16.6 Å². The molecule has 15 heavy (non-hydrogen) atoms. The van der Waals surface area contributed by atoms with Crippen molar-refractivity contribution >= 4 is 16.9 Å². The van der Waals surface area contributed by atoms with Gasteiger partial charge in [-0.2, -0.15) is 0 Å². The minimum Gasteiger partial charge on any atom is -0.496 e. The fraction of sp³-hybridized carbons (Fsp3) is 0.182. The lowest BCUT2D eigenvalue weighted by Gasteiger charge is -2.02. The predicted octanol–water partition coefficient (Wildman–Crippen LogP) is 1.69. The lowest BCUT2D eigenvalue weighted by molar-refractivity contribution is 0.251. The number of benzene rings is 1. The average Bonchev–Trinajstić information content (AvgIpc) is 2.52. The minimum absolute atomic E-state index is 0.485. The van der Waals surface area contributed by atoms with Crippen molar-refractivity contribution in [2.24, 2.45) is 5.73 Å². The number of nitrogens with zero attached hydrogens (tertiary/aromatic N) is 1. The van der Waals surface area contributed by atoms with Gasteiger partial charge in [-0.15, -0.1) is 0 Å². The lowest BCUT2D eigenvalue weighted by Crippen LogP contribution is -2.20. The van der Waals surface area contributed by atoms with Gasteiger partial charge in [0.1, 0.15) is 5.75 Å². The second kappa shape index (κ2) is 3.31. The van der Waals surface area contributed by atoms with E-state index in [0.29, 0.717) is 5.75 Å². The maximum atomic E-state index is 11.2. The maximum absolute atomic E-state index is 11.2. The first-order valence-corrected chi connectivity index (χ1v) is 4.51. The van der Waals surface area contributed by atoms with Crippen molar-refractivity contribution in [2.75, 3.05) is 7.11 Å². The number of hydrogen-bond acceptors (Lipinski definition) is 2. The number of hydrogen-bond donors (Lipinski definition) is 1. The second-order valence-electron chi connectivity index (χ2n) is 3.30. The van der Waals surface area contributed by atoms with Crippen LogP contribution in [0.2, 0.25) is 0 Å². The Kier molecular flexibility index (Phi) is 2.11. The Morgan fingerprint density at radius 2 is 2.27 bits per heavy atom. The zero-order chi connectivity index (χ0) is 11.0. The third kappa shape index (κ3) is 1.44. The van der Waals surface area contributed by atoms with Crippen LogP contribution in [0.4, 0.5) is 4.79 Å². The van der Waals surface area contributed by atoms with E-state index in [2.05, 4.69) is 6.07 Å². The molecule has 1 aromatic heterocycles. The molecule has 0 aliphatic rings. The van der Waals surface area contributed by atoms with E-state index in [4.69, 9.17) is 10.5 Å². The number of amides is 1. The molecule has 4 nitrogen and oxygen atoms in total. The van der Waals surface area contributed by atoms with Crippen LogP contribution < -0.4 is 10.5 Å². The van der Waals surface area contributed by atoms with E-state index < -0.39 is 6.03 Å². The molecule has 0 aliphatic carbocycles. The number of nitrogens with two attached hydrogens (primary N) is 1. The normalized spacial score (nSPS) is 10.5. The van der Waals surface area contributed by atoms with Gasteiger partial charge in [0.25, 0.3) is 0 Å². The first-order chi connectivity index (χ1) is 7.13. The van der Waals surface area contributed by atoms with Crippen molar-refractivity contribution in [1.29, 1.82) is 0 Å². The van der Waals surface area contributed by atoms with Gasteiger partial charge >= 0.3 is 6.03 Å². The summed E-state index contributed by atoms with van der Waals surface area (Å²) in [5.74, 6) is 0.643. The molecular weight excluding hydrogens is 192 g/mol. The van der Waals surface area contributed by atoms with E-state index in [-0.39, 0.29) is 0 Å². The highest BCUT2D eigenvalue weighted by atomic mass is 16.5. The quantitative estimate of drug-likeness (QED) is 0.766. The van der Waals surface area contributed by atoms with Crippen molar-refractivity contribution in [3.63, 3.8) is 0 Å². The molecule has 1 radical (unpaired) electrons. The maximum Gasteiger partial charge on any atom is 0.323 e. The van der Waals surface area contributed by atoms with Gasteiger partial charge in [-0.1, -0.05) is 0 Å². The molecule has 0 spiro atoms. The Bertz CT molecular complexity index is 529. The highest BCUT2D eigenvalue weighted by Gasteiger charge is 2.09. The summed E-state index contributed by atoms with van der Waals surface area (Å²) in [5, 5.41) is 0.918. The molecule has 2 N–H and O–H groups in total. The smallest absolute Gasteiger partial charge is 0.323 e. The summed E-state index contributed by atoms with van der Waals surface area (Å²) in [6.45, 7) is 1.83. The van der Waals surface area contributed by atoms with Crippen molar-refractivity contribution in [3.8, 4) is 5.75 Å². The van der Waals surface area contributed by atoms with E-state index >= 15 is 0 Å². The van der Waals surface area contributed by atoms with Crippen LogP contribution in [-0.4, -0.2) is 17.7 Å². The molecule has 2 aromatic rings. The van der Waals surface area contributed by atoms with Crippen LogP contribution in [0.5, 0.6) is 5.75 Å². The number of carbonyl (C=O) groups excluding carboxylic acids is 1. The SMILES string of the molecule is COc1[c]cc2c(c1)cc(C)n2C(N)=O. The number of primary amides is 1. The Balaban J connectivity index is 2.74. The van der Waals surface area contributed by atoms with Crippen LogP contribution >= 0.6 is 0 Å². The van der Waals surface area contributed by atoms with Gasteiger partial charge in [-0.05, 0) is 25.1 Å². The fourth-order valence-corrected chi connectivity index (χ4v) is 1.68. The molecule has 2 rings (SSSR count). The predicted molar refractivity (Wildman–Crippen MR) is 57.0 cm³/mol. The molecule has 0 bridgehead atoms. The first-order valence-electron chi connectivity index (χ1n) is 4.51. The van der Waals surface area contributed by atoms with Crippen LogP contribution in [0.15, 0.2) is 18.2 Å².